The molecule has 0 aliphatic heterocycles. The number of nitrogens with zero attached hydrogens (tertiary/aromatic N) is 1. The van der Waals surface area contributed by atoms with Crippen molar-refractivity contribution in [3.05, 3.63) is 35.6 Å². The van der Waals surface area contributed by atoms with Crippen LogP contribution in [0.3, 0.4) is 0 Å². The van der Waals surface area contributed by atoms with Crippen LogP contribution in [0.25, 0.3) is 0 Å². The Bertz CT molecular complexity index is 412. The van der Waals surface area contributed by atoms with Crippen LogP contribution in [0.5, 0.6) is 0 Å². The molecule has 0 fully saturated rings. The summed E-state index contributed by atoms with van der Waals surface area (Å²) in [5.41, 5.74) is 6.60. The number of hydrogen-bond donors (Lipinski definition) is 1. The molecule has 0 heterocycles. The van der Waals surface area contributed by atoms with Gasteiger partial charge in [-0.2, -0.15) is 0 Å². The molecule has 19 heavy (non-hydrogen) atoms. The number of hydrogen-bond acceptors (Lipinski definition) is 2. The minimum absolute atomic E-state index is 0. The first kappa shape index (κ1) is 17.9. The lowest BCUT2D eigenvalue weighted by atomic mass is 10.0. The van der Waals surface area contributed by atoms with Crippen LogP contribution in [0.1, 0.15) is 25.8 Å². The van der Waals surface area contributed by atoms with Gasteiger partial charge in [0.15, 0.2) is 0 Å². The van der Waals surface area contributed by atoms with Crippen LogP contribution in [-0.2, 0) is 11.3 Å². The van der Waals surface area contributed by atoms with Crippen molar-refractivity contribution in [2.75, 3.05) is 7.05 Å². The minimum Gasteiger partial charge on any atom is -0.340 e. The Kier molecular flexibility index (Phi) is 7.64. The standard InChI is InChI=1S/C14H21FN2O.ClH/c1-10(2)7-13(16)14(18)17(3)9-11-5-4-6-12(15)8-11;/h4-6,8,10,13H,7,9,16H2,1-3H3;1H/t13-;/m0./s1. The summed E-state index contributed by atoms with van der Waals surface area (Å²) in [5, 5.41) is 0. The Morgan fingerprint density at radius 3 is 2.58 bits per heavy atom. The van der Waals surface area contributed by atoms with Crippen molar-refractivity contribution in [3.8, 4) is 0 Å². The van der Waals surface area contributed by atoms with Crippen LogP contribution < -0.4 is 5.73 Å². The van der Waals surface area contributed by atoms with Crippen LogP contribution >= 0.6 is 12.4 Å². The first-order valence-corrected chi connectivity index (χ1v) is 6.15. The summed E-state index contributed by atoms with van der Waals surface area (Å²) < 4.78 is 13.0. The Balaban J connectivity index is 0.00000324. The molecule has 108 valence electrons. The number of nitrogens with two attached hydrogens (primary N) is 1. The van der Waals surface area contributed by atoms with Gasteiger partial charge in [-0.3, -0.25) is 4.79 Å². The van der Waals surface area contributed by atoms with E-state index < -0.39 is 6.04 Å². The normalized spacial score (nSPS) is 11.9. The van der Waals surface area contributed by atoms with Gasteiger partial charge < -0.3 is 10.6 Å². The molecule has 0 radical (unpaired) electrons. The van der Waals surface area contributed by atoms with E-state index >= 15 is 0 Å². The molecule has 1 amide bonds. The zero-order valence-electron chi connectivity index (χ0n) is 11.6. The van der Waals surface area contributed by atoms with Crippen molar-refractivity contribution < 1.29 is 9.18 Å². The maximum Gasteiger partial charge on any atom is 0.239 e. The molecular formula is C14H22ClFN2O. The fraction of sp³-hybridized carbons (Fsp3) is 0.500. The fourth-order valence-electron chi connectivity index (χ4n) is 1.88. The van der Waals surface area contributed by atoms with Crippen LogP contribution in [-0.4, -0.2) is 23.9 Å². The number of halogens is 2. The van der Waals surface area contributed by atoms with E-state index in [4.69, 9.17) is 5.73 Å². The van der Waals surface area contributed by atoms with Crippen LogP contribution in [0.4, 0.5) is 4.39 Å². The van der Waals surface area contributed by atoms with E-state index in [9.17, 15) is 9.18 Å². The van der Waals surface area contributed by atoms with Gasteiger partial charge >= 0.3 is 0 Å². The molecule has 1 aromatic rings. The molecule has 0 spiro atoms. The van der Waals surface area contributed by atoms with Gasteiger partial charge in [-0.25, -0.2) is 4.39 Å². The third-order valence-corrected chi connectivity index (χ3v) is 2.73. The molecule has 1 aromatic carbocycles. The number of rotatable bonds is 5. The van der Waals surface area contributed by atoms with Crippen molar-refractivity contribution in [1.82, 2.24) is 4.90 Å². The van der Waals surface area contributed by atoms with E-state index in [1.165, 1.54) is 12.1 Å². The van der Waals surface area contributed by atoms with E-state index in [-0.39, 0.29) is 24.1 Å². The van der Waals surface area contributed by atoms with Gasteiger partial charge in [0, 0.05) is 13.6 Å². The van der Waals surface area contributed by atoms with Gasteiger partial charge in [0.25, 0.3) is 0 Å². The average Bonchev–Trinajstić information content (AvgIpc) is 2.27. The monoisotopic (exact) mass is 288 g/mol. The summed E-state index contributed by atoms with van der Waals surface area (Å²) in [7, 11) is 1.69. The predicted octanol–water partition coefficient (Wildman–Crippen LogP) is 2.58. The largest absolute Gasteiger partial charge is 0.340 e. The Hall–Kier alpha value is -1.13. The fourth-order valence-corrected chi connectivity index (χ4v) is 1.88. The lowest BCUT2D eigenvalue weighted by Gasteiger charge is -2.22. The second kappa shape index (κ2) is 8.12. The number of carbonyl (C=O) groups excluding carboxylic acids is 1. The molecule has 0 saturated heterocycles. The zero-order valence-corrected chi connectivity index (χ0v) is 12.4. The lowest BCUT2D eigenvalue weighted by Crippen LogP contribution is -2.42. The molecular weight excluding hydrogens is 267 g/mol. The molecule has 5 heteroatoms. The van der Waals surface area contributed by atoms with E-state index in [0.29, 0.717) is 18.9 Å². The van der Waals surface area contributed by atoms with E-state index in [1.54, 1.807) is 24.1 Å². The summed E-state index contributed by atoms with van der Waals surface area (Å²) in [5.74, 6) is -0.0145. The van der Waals surface area contributed by atoms with Gasteiger partial charge in [0.05, 0.1) is 6.04 Å². The quantitative estimate of drug-likeness (QED) is 0.905. The zero-order chi connectivity index (χ0) is 13.7. The summed E-state index contributed by atoms with van der Waals surface area (Å²) >= 11 is 0. The van der Waals surface area contributed by atoms with Gasteiger partial charge in [-0.15, -0.1) is 12.4 Å². The highest BCUT2D eigenvalue weighted by atomic mass is 35.5. The molecule has 0 aliphatic rings. The second-order valence-electron chi connectivity index (χ2n) is 5.06. The maximum atomic E-state index is 13.0. The Morgan fingerprint density at radius 2 is 2.05 bits per heavy atom. The van der Waals surface area contributed by atoms with Gasteiger partial charge in [0.2, 0.25) is 5.91 Å². The predicted molar refractivity (Wildman–Crippen MR) is 77.6 cm³/mol. The Morgan fingerprint density at radius 1 is 1.42 bits per heavy atom. The molecule has 1 rings (SSSR count). The van der Waals surface area contributed by atoms with E-state index in [0.717, 1.165) is 5.56 Å². The van der Waals surface area contributed by atoms with Crippen molar-refractivity contribution in [2.24, 2.45) is 11.7 Å². The summed E-state index contributed by atoms with van der Waals surface area (Å²) in [4.78, 5) is 13.5. The van der Waals surface area contributed by atoms with Crippen LogP contribution in [0, 0.1) is 11.7 Å². The highest BCUT2D eigenvalue weighted by molar-refractivity contribution is 5.85. The molecule has 3 nitrogen and oxygen atoms in total. The van der Waals surface area contributed by atoms with Crippen molar-refractivity contribution in [1.29, 1.82) is 0 Å². The second-order valence-corrected chi connectivity index (χ2v) is 5.06. The third kappa shape index (κ3) is 6.03. The number of carbonyl (C=O) groups is 1. The van der Waals surface area contributed by atoms with Gasteiger partial charge in [-0.1, -0.05) is 26.0 Å². The molecule has 0 aromatic heterocycles. The summed E-state index contributed by atoms with van der Waals surface area (Å²) in [6.07, 6.45) is 0.659. The average molecular weight is 289 g/mol. The van der Waals surface area contributed by atoms with Gasteiger partial charge in [0.1, 0.15) is 5.82 Å². The molecule has 0 saturated carbocycles. The van der Waals surface area contributed by atoms with Crippen molar-refractivity contribution in [3.63, 3.8) is 0 Å². The Labute approximate surface area is 120 Å². The SMILES string of the molecule is CC(C)C[C@H](N)C(=O)N(C)Cc1cccc(F)c1.Cl. The number of likely N-dealkylation sites (N-methyl/N-ethyl adjacent to an activating group) is 1. The highest BCUT2D eigenvalue weighted by Gasteiger charge is 2.19. The van der Waals surface area contributed by atoms with Crippen LogP contribution in [0.15, 0.2) is 24.3 Å². The summed E-state index contributed by atoms with van der Waals surface area (Å²) in [6, 6.07) is 5.76. The minimum atomic E-state index is -0.483. The number of benzene rings is 1. The molecule has 0 aliphatic carbocycles. The lowest BCUT2D eigenvalue weighted by molar-refractivity contribution is -0.132. The first-order chi connectivity index (χ1) is 8.40. The van der Waals surface area contributed by atoms with Crippen molar-refractivity contribution >= 4 is 18.3 Å². The molecule has 0 bridgehead atoms. The van der Waals surface area contributed by atoms with E-state index in [1.807, 2.05) is 13.8 Å². The first-order valence-electron chi connectivity index (χ1n) is 6.15. The highest BCUT2D eigenvalue weighted by Crippen LogP contribution is 2.09. The molecule has 2 N–H and O–H groups in total. The van der Waals surface area contributed by atoms with Gasteiger partial charge in [-0.05, 0) is 30.0 Å². The van der Waals surface area contributed by atoms with E-state index in [2.05, 4.69) is 0 Å². The topological polar surface area (TPSA) is 46.3 Å². The third-order valence-electron chi connectivity index (χ3n) is 2.73. The molecule has 0 unspecified atom stereocenters. The summed E-state index contributed by atoms with van der Waals surface area (Å²) in [6.45, 7) is 4.43. The number of amides is 1. The smallest absolute Gasteiger partial charge is 0.239 e. The molecule has 1 atom stereocenters. The maximum absolute atomic E-state index is 13.0. The van der Waals surface area contributed by atoms with Crippen LogP contribution in [0.2, 0.25) is 0 Å². The van der Waals surface area contributed by atoms with Crippen molar-refractivity contribution in [2.45, 2.75) is 32.9 Å².